The number of hydrogen-bond acceptors (Lipinski definition) is 7. The predicted molar refractivity (Wildman–Crippen MR) is 120 cm³/mol. The molecule has 30 heavy (non-hydrogen) atoms. The smallest absolute Gasteiger partial charge is 0.239 e. The Balaban J connectivity index is 1.63. The lowest BCUT2D eigenvalue weighted by molar-refractivity contribution is 0.599. The highest BCUT2D eigenvalue weighted by molar-refractivity contribution is 7.93. The lowest BCUT2D eigenvalue weighted by Gasteiger charge is -2.06. The number of aromatic nitrogens is 2. The van der Waals surface area contributed by atoms with Crippen LogP contribution >= 0.6 is 11.3 Å². The molecular formula is C20H21N3O4S3. The van der Waals surface area contributed by atoms with E-state index in [-0.39, 0.29) is 21.5 Å². The van der Waals surface area contributed by atoms with Gasteiger partial charge in [0, 0.05) is 11.1 Å². The minimum absolute atomic E-state index is 0.224. The molecule has 0 unspecified atom stereocenters. The van der Waals surface area contributed by atoms with Crippen molar-refractivity contribution in [3.8, 4) is 0 Å². The molecule has 1 N–H and O–H groups in total. The van der Waals surface area contributed by atoms with Gasteiger partial charge in [0.25, 0.3) is 0 Å². The molecule has 1 aromatic heterocycles. The van der Waals surface area contributed by atoms with E-state index in [1.54, 1.807) is 24.3 Å². The molecule has 0 saturated carbocycles. The van der Waals surface area contributed by atoms with Crippen molar-refractivity contribution in [2.24, 2.45) is 0 Å². The molecule has 0 spiro atoms. The fraction of sp³-hybridized carbons (Fsp3) is 0.200. The van der Waals surface area contributed by atoms with Crippen LogP contribution < -0.4 is 4.72 Å². The third kappa shape index (κ3) is 6.75. The first-order chi connectivity index (χ1) is 14.1. The molecule has 3 aromatic rings. The number of sulfonamides is 1. The molecule has 0 aliphatic heterocycles. The molecule has 158 valence electrons. The average Bonchev–Trinajstić information content (AvgIpc) is 3.08. The number of benzene rings is 2. The summed E-state index contributed by atoms with van der Waals surface area (Å²) in [5.41, 5.74) is 3.33. The Morgan fingerprint density at radius 3 is 1.97 bits per heavy atom. The van der Waals surface area contributed by atoms with E-state index in [2.05, 4.69) is 14.9 Å². The molecule has 7 nitrogen and oxygen atoms in total. The predicted octanol–water partition coefficient (Wildman–Crippen LogP) is 3.68. The van der Waals surface area contributed by atoms with Crippen LogP contribution in [-0.4, -0.2) is 27.0 Å². The maximum absolute atomic E-state index is 12.3. The van der Waals surface area contributed by atoms with Crippen LogP contribution in [0.1, 0.15) is 26.7 Å². The molecule has 3 rings (SSSR count). The van der Waals surface area contributed by atoms with Crippen molar-refractivity contribution >= 4 is 43.0 Å². The van der Waals surface area contributed by atoms with Gasteiger partial charge in [0.05, 0.1) is 0 Å². The van der Waals surface area contributed by atoms with Crippen molar-refractivity contribution in [2.45, 2.75) is 25.4 Å². The van der Waals surface area contributed by atoms with Gasteiger partial charge in [-0.1, -0.05) is 58.9 Å². The molecule has 10 heteroatoms. The molecule has 0 bridgehead atoms. The zero-order chi connectivity index (χ0) is 21.8. The van der Waals surface area contributed by atoms with E-state index in [0.29, 0.717) is 5.69 Å². The molecule has 0 amide bonds. The molecule has 0 fully saturated rings. The normalized spacial score (nSPS) is 12.3. The molecule has 0 radical (unpaired) electrons. The van der Waals surface area contributed by atoms with E-state index in [9.17, 15) is 16.8 Å². The average molecular weight is 464 g/mol. The highest BCUT2D eigenvalue weighted by Gasteiger charge is 2.18. The fourth-order valence-electron chi connectivity index (χ4n) is 2.48. The van der Waals surface area contributed by atoms with Gasteiger partial charge in [-0.2, -0.15) is 0 Å². The number of anilines is 1. The number of sulfone groups is 1. The number of nitrogens with zero attached hydrogens (tertiary/aromatic N) is 2. The standard InChI is InChI=1S/C20H21N3O4S3/c1-15-3-7-17(8-4-15)11-12-29(24,25)13-19-21-22-20(28-19)14-30(26,27)23-18-9-5-16(2)6-10-18/h3-12,23H,13-14H2,1-2H3/b12-11-. The van der Waals surface area contributed by atoms with Crippen LogP contribution in [0, 0.1) is 13.8 Å². The molecule has 1 heterocycles. The summed E-state index contributed by atoms with van der Waals surface area (Å²) in [4.78, 5) is 0. The Morgan fingerprint density at radius 2 is 1.37 bits per heavy atom. The quantitative estimate of drug-likeness (QED) is 0.546. The summed E-state index contributed by atoms with van der Waals surface area (Å²) in [5.74, 6) is -0.712. The Labute approximate surface area is 180 Å². The summed E-state index contributed by atoms with van der Waals surface area (Å²) in [6.07, 6.45) is 1.52. The molecule has 0 aliphatic rings. The molecule has 0 atom stereocenters. The van der Waals surface area contributed by atoms with Gasteiger partial charge in [0.1, 0.15) is 21.5 Å². The maximum Gasteiger partial charge on any atom is 0.239 e. The van der Waals surface area contributed by atoms with E-state index in [0.717, 1.165) is 33.4 Å². The zero-order valence-corrected chi connectivity index (χ0v) is 18.9. The van der Waals surface area contributed by atoms with E-state index in [4.69, 9.17) is 0 Å². The first kappa shape index (κ1) is 22.1. The summed E-state index contributed by atoms with van der Waals surface area (Å²) >= 11 is 0.969. The summed E-state index contributed by atoms with van der Waals surface area (Å²) in [6, 6.07) is 14.4. The van der Waals surface area contributed by atoms with Gasteiger partial charge in [-0.25, -0.2) is 16.8 Å². The van der Waals surface area contributed by atoms with Crippen LogP contribution in [0.15, 0.2) is 53.9 Å². The monoisotopic (exact) mass is 463 g/mol. The van der Waals surface area contributed by atoms with Gasteiger partial charge in [-0.3, -0.25) is 4.72 Å². The van der Waals surface area contributed by atoms with Crippen LogP contribution in [0.3, 0.4) is 0 Å². The van der Waals surface area contributed by atoms with E-state index < -0.39 is 19.9 Å². The summed E-state index contributed by atoms with van der Waals surface area (Å²) in [5, 5.41) is 9.26. The van der Waals surface area contributed by atoms with Crippen LogP contribution in [0.25, 0.3) is 6.08 Å². The zero-order valence-electron chi connectivity index (χ0n) is 16.4. The third-order valence-corrected chi connectivity index (χ3v) is 7.73. The van der Waals surface area contributed by atoms with Crippen molar-refractivity contribution in [3.63, 3.8) is 0 Å². The van der Waals surface area contributed by atoms with Gasteiger partial charge < -0.3 is 0 Å². The third-order valence-electron chi connectivity index (χ3n) is 4.02. The highest BCUT2D eigenvalue weighted by atomic mass is 32.2. The maximum atomic E-state index is 12.3. The first-order valence-electron chi connectivity index (χ1n) is 8.96. The molecular weight excluding hydrogens is 442 g/mol. The summed E-state index contributed by atoms with van der Waals surface area (Å²) < 4.78 is 51.8. The second-order valence-corrected chi connectivity index (χ2v) is 11.6. The summed E-state index contributed by atoms with van der Waals surface area (Å²) in [6.45, 7) is 3.86. The lowest BCUT2D eigenvalue weighted by Crippen LogP contribution is -2.14. The summed E-state index contributed by atoms with van der Waals surface area (Å²) in [7, 11) is -7.25. The SMILES string of the molecule is Cc1ccc(/C=C\S(=O)(=O)Cc2nnc(CS(=O)(=O)Nc3ccc(C)cc3)s2)cc1. The fourth-order valence-corrected chi connectivity index (χ4v) is 6.16. The van der Waals surface area contributed by atoms with E-state index in [1.165, 1.54) is 6.08 Å². The number of hydrogen-bond donors (Lipinski definition) is 1. The van der Waals surface area contributed by atoms with Crippen molar-refractivity contribution in [2.75, 3.05) is 4.72 Å². The minimum atomic E-state index is -3.69. The van der Waals surface area contributed by atoms with Gasteiger partial charge in [0.2, 0.25) is 10.0 Å². The van der Waals surface area contributed by atoms with Crippen molar-refractivity contribution in [1.82, 2.24) is 10.2 Å². The van der Waals surface area contributed by atoms with E-state index >= 15 is 0 Å². The van der Waals surface area contributed by atoms with Crippen LogP contribution in [0.5, 0.6) is 0 Å². The largest absolute Gasteiger partial charge is 0.283 e. The Morgan fingerprint density at radius 1 is 0.833 bits per heavy atom. The van der Waals surface area contributed by atoms with Gasteiger partial charge in [0.15, 0.2) is 9.84 Å². The minimum Gasteiger partial charge on any atom is -0.283 e. The lowest BCUT2D eigenvalue weighted by atomic mass is 10.2. The van der Waals surface area contributed by atoms with Crippen molar-refractivity contribution < 1.29 is 16.8 Å². The second kappa shape index (κ2) is 9.07. The topological polar surface area (TPSA) is 106 Å². The second-order valence-electron chi connectivity index (χ2n) is 6.84. The number of rotatable bonds is 8. The van der Waals surface area contributed by atoms with Crippen LogP contribution in [0.4, 0.5) is 5.69 Å². The highest BCUT2D eigenvalue weighted by Crippen LogP contribution is 2.19. The Hall–Kier alpha value is -2.56. The molecule has 0 aliphatic carbocycles. The molecule has 2 aromatic carbocycles. The number of nitrogens with one attached hydrogen (secondary N) is 1. The van der Waals surface area contributed by atoms with Crippen LogP contribution in [0.2, 0.25) is 0 Å². The Bertz CT molecular complexity index is 1250. The molecule has 0 saturated heterocycles. The Kier molecular flexibility index (Phi) is 6.69. The van der Waals surface area contributed by atoms with E-state index in [1.807, 2.05) is 38.1 Å². The van der Waals surface area contributed by atoms with Gasteiger partial charge in [-0.05, 0) is 37.6 Å². The van der Waals surface area contributed by atoms with Crippen molar-refractivity contribution in [3.05, 3.63) is 80.6 Å². The first-order valence-corrected chi connectivity index (χ1v) is 13.1. The van der Waals surface area contributed by atoms with Gasteiger partial charge in [-0.15, -0.1) is 10.2 Å². The van der Waals surface area contributed by atoms with Crippen molar-refractivity contribution in [1.29, 1.82) is 0 Å². The number of aryl methyl sites for hydroxylation is 2. The van der Waals surface area contributed by atoms with Gasteiger partial charge >= 0.3 is 0 Å². The van der Waals surface area contributed by atoms with Crippen LogP contribution in [-0.2, 0) is 31.4 Å².